The molecule has 4 nitrogen and oxygen atoms in total. The van der Waals surface area contributed by atoms with E-state index in [9.17, 15) is 4.79 Å². The first kappa shape index (κ1) is 13.3. The fraction of sp³-hybridized carbons (Fsp3) is 0.462. The molecule has 1 aromatic rings. The average Bonchev–Trinajstić information content (AvgIpc) is 2.38. The Hall–Kier alpha value is -1.10. The van der Waals surface area contributed by atoms with Crippen molar-refractivity contribution in [3.05, 3.63) is 34.9 Å². The third-order valence-electron chi connectivity index (χ3n) is 2.70. The normalized spacial score (nSPS) is 19.5. The van der Waals surface area contributed by atoms with Crippen molar-refractivity contribution in [2.45, 2.75) is 19.1 Å². The summed E-state index contributed by atoms with van der Waals surface area (Å²) in [5.74, 6) is -0.224. The molecule has 1 atom stereocenters. The maximum absolute atomic E-state index is 11.6. The predicted octanol–water partition coefficient (Wildman–Crippen LogP) is 1.76. The first-order valence-corrected chi connectivity index (χ1v) is 6.33. The lowest BCUT2D eigenvalue weighted by atomic mass is 10.2. The molecule has 0 spiro atoms. The van der Waals surface area contributed by atoms with E-state index in [0.717, 1.165) is 12.1 Å². The van der Waals surface area contributed by atoms with E-state index >= 15 is 0 Å². The lowest BCUT2D eigenvalue weighted by Gasteiger charge is -2.22. The molecule has 0 saturated carbocycles. The minimum absolute atomic E-state index is 0.0608. The number of carbonyl (C=O) groups excluding carboxylic acids is 1. The summed E-state index contributed by atoms with van der Waals surface area (Å²) in [5.41, 5.74) is 0.892. The second kappa shape index (κ2) is 6.73. The molecule has 1 unspecified atom stereocenters. The number of morpholine rings is 1. The van der Waals surface area contributed by atoms with E-state index in [1.54, 1.807) is 12.1 Å². The van der Waals surface area contributed by atoms with Crippen molar-refractivity contribution in [1.82, 2.24) is 5.32 Å². The van der Waals surface area contributed by atoms with Crippen LogP contribution in [0, 0.1) is 0 Å². The predicted molar refractivity (Wildman–Crippen MR) is 68.5 cm³/mol. The van der Waals surface area contributed by atoms with E-state index in [1.807, 2.05) is 12.1 Å². The maximum atomic E-state index is 11.6. The Bertz CT molecular complexity index is 405. The van der Waals surface area contributed by atoms with E-state index in [-0.39, 0.29) is 18.6 Å². The van der Waals surface area contributed by atoms with Crippen LogP contribution in [-0.2, 0) is 20.9 Å². The van der Waals surface area contributed by atoms with E-state index in [0.29, 0.717) is 24.7 Å². The summed E-state index contributed by atoms with van der Waals surface area (Å²) >= 11 is 5.85. The molecule has 1 N–H and O–H groups in total. The highest BCUT2D eigenvalue weighted by Crippen LogP contribution is 2.12. The molecule has 98 valence electrons. The van der Waals surface area contributed by atoms with Crippen LogP contribution in [0.1, 0.15) is 12.0 Å². The van der Waals surface area contributed by atoms with Crippen LogP contribution >= 0.6 is 11.6 Å². The number of halogens is 1. The number of rotatable bonds is 4. The Labute approximate surface area is 111 Å². The minimum atomic E-state index is -0.224. The summed E-state index contributed by atoms with van der Waals surface area (Å²) in [6.45, 7) is 2.31. The number of carbonyl (C=O) groups is 1. The highest BCUT2D eigenvalue weighted by Gasteiger charge is 2.17. The molecule has 1 aromatic carbocycles. The van der Waals surface area contributed by atoms with E-state index in [1.165, 1.54) is 0 Å². The Balaban J connectivity index is 1.74. The van der Waals surface area contributed by atoms with Gasteiger partial charge in [-0.3, -0.25) is 4.79 Å². The molecule has 1 aliphatic rings. The molecule has 0 aromatic heterocycles. The van der Waals surface area contributed by atoms with Gasteiger partial charge in [-0.1, -0.05) is 23.7 Å². The number of ether oxygens (including phenoxy) is 2. The third kappa shape index (κ3) is 4.29. The summed E-state index contributed by atoms with van der Waals surface area (Å²) in [6.07, 6.45) is 0.334. The van der Waals surface area contributed by atoms with Gasteiger partial charge in [-0.25, -0.2) is 0 Å². The van der Waals surface area contributed by atoms with Gasteiger partial charge in [0.05, 0.1) is 19.6 Å². The van der Waals surface area contributed by atoms with E-state index in [2.05, 4.69) is 5.32 Å². The Morgan fingerprint density at radius 3 is 3.17 bits per heavy atom. The zero-order valence-corrected chi connectivity index (χ0v) is 10.8. The van der Waals surface area contributed by atoms with Crippen LogP contribution in [0.25, 0.3) is 0 Å². The SMILES string of the molecule is O=C(CC1COCCN1)OCc1cccc(Cl)c1. The number of benzene rings is 1. The van der Waals surface area contributed by atoms with Gasteiger partial charge in [0.1, 0.15) is 6.61 Å². The van der Waals surface area contributed by atoms with Crippen molar-refractivity contribution in [3.63, 3.8) is 0 Å². The zero-order valence-electron chi connectivity index (χ0n) is 10.0. The smallest absolute Gasteiger partial charge is 0.307 e. The first-order valence-electron chi connectivity index (χ1n) is 5.95. The third-order valence-corrected chi connectivity index (χ3v) is 2.94. The molecule has 5 heteroatoms. The fourth-order valence-electron chi connectivity index (χ4n) is 1.80. The number of esters is 1. The first-order chi connectivity index (χ1) is 8.74. The quantitative estimate of drug-likeness (QED) is 0.847. The summed E-state index contributed by atoms with van der Waals surface area (Å²) < 4.78 is 10.5. The molecule has 1 saturated heterocycles. The van der Waals surface area contributed by atoms with Crippen LogP contribution in [-0.4, -0.2) is 31.8 Å². The second-order valence-corrected chi connectivity index (χ2v) is 4.66. The molecule has 1 heterocycles. The van der Waals surface area contributed by atoms with Gasteiger partial charge >= 0.3 is 5.97 Å². The molecule has 0 bridgehead atoms. The number of hydrogen-bond acceptors (Lipinski definition) is 4. The largest absolute Gasteiger partial charge is 0.461 e. The Morgan fingerprint density at radius 2 is 2.44 bits per heavy atom. The minimum Gasteiger partial charge on any atom is -0.461 e. The average molecular weight is 270 g/mol. The van der Waals surface area contributed by atoms with Crippen molar-refractivity contribution in [1.29, 1.82) is 0 Å². The topological polar surface area (TPSA) is 47.6 Å². The van der Waals surface area contributed by atoms with Crippen LogP contribution in [0.15, 0.2) is 24.3 Å². The van der Waals surface area contributed by atoms with Gasteiger partial charge in [0.2, 0.25) is 0 Å². The molecule has 0 aliphatic carbocycles. The molecule has 18 heavy (non-hydrogen) atoms. The van der Waals surface area contributed by atoms with Crippen molar-refractivity contribution in [2.75, 3.05) is 19.8 Å². The monoisotopic (exact) mass is 269 g/mol. The lowest BCUT2D eigenvalue weighted by Crippen LogP contribution is -2.42. The second-order valence-electron chi connectivity index (χ2n) is 4.22. The summed E-state index contributed by atoms with van der Waals surface area (Å²) in [5, 5.41) is 3.85. The van der Waals surface area contributed by atoms with E-state index < -0.39 is 0 Å². The van der Waals surface area contributed by atoms with Gasteiger partial charge in [-0.05, 0) is 17.7 Å². The van der Waals surface area contributed by atoms with Crippen LogP contribution in [0.5, 0.6) is 0 Å². The highest BCUT2D eigenvalue weighted by molar-refractivity contribution is 6.30. The van der Waals surface area contributed by atoms with Gasteiger partial charge in [0.25, 0.3) is 0 Å². The van der Waals surface area contributed by atoms with Crippen molar-refractivity contribution < 1.29 is 14.3 Å². The van der Waals surface area contributed by atoms with Crippen molar-refractivity contribution in [3.8, 4) is 0 Å². The Morgan fingerprint density at radius 1 is 1.56 bits per heavy atom. The molecule has 2 rings (SSSR count). The highest BCUT2D eigenvalue weighted by atomic mass is 35.5. The molecular weight excluding hydrogens is 254 g/mol. The molecule has 1 fully saturated rings. The van der Waals surface area contributed by atoms with Crippen molar-refractivity contribution >= 4 is 17.6 Å². The Kier molecular flexibility index (Phi) is 4.99. The summed E-state index contributed by atoms with van der Waals surface area (Å²) in [7, 11) is 0. The van der Waals surface area contributed by atoms with Gasteiger partial charge < -0.3 is 14.8 Å². The number of hydrogen-bond donors (Lipinski definition) is 1. The fourth-order valence-corrected chi connectivity index (χ4v) is 2.01. The maximum Gasteiger partial charge on any atom is 0.307 e. The van der Waals surface area contributed by atoms with Crippen LogP contribution in [0.2, 0.25) is 5.02 Å². The van der Waals surface area contributed by atoms with Gasteiger partial charge in [-0.2, -0.15) is 0 Å². The molecular formula is C13H16ClNO3. The van der Waals surface area contributed by atoms with Gasteiger partial charge in [-0.15, -0.1) is 0 Å². The number of nitrogens with one attached hydrogen (secondary N) is 1. The van der Waals surface area contributed by atoms with Crippen LogP contribution < -0.4 is 5.32 Å². The van der Waals surface area contributed by atoms with Gasteiger partial charge in [0, 0.05) is 17.6 Å². The van der Waals surface area contributed by atoms with Gasteiger partial charge in [0.15, 0.2) is 0 Å². The summed E-state index contributed by atoms with van der Waals surface area (Å²) in [4.78, 5) is 11.6. The van der Waals surface area contributed by atoms with E-state index in [4.69, 9.17) is 21.1 Å². The molecule has 0 amide bonds. The molecule has 0 radical (unpaired) electrons. The molecule has 1 aliphatic heterocycles. The van der Waals surface area contributed by atoms with Crippen LogP contribution in [0.4, 0.5) is 0 Å². The summed E-state index contributed by atoms with van der Waals surface area (Å²) in [6, 6.07) is 7.35. The standard InChI is InChI=1S/C13H16ClNO3/c14-11-3-1-2-10(6-11)8-18-13(16)7-12-9-17-5-4-15-12/h1-3,6,12,15H,4-5,7-9H2. The zero-order chi connectivity index (χ0) is 12.8. The van der Waals surface area contributed by atoms with Crippen LogP contribution in [0.3, 0.4) is 0 Å². The van der Waals surface area contributed by atoms with Crippen molar-refractivity contribution in [2.24, 2.45) is 0 Å². The lowest BCUT2D eigenvalue weighted by molar-refractivity contribution is -0.146.